The minimum Gasteiger partial charge on any atom is -0.464 e. The molecule has 5 nitrogen and oxygen atoms in total. The van der Waals surface area contributed by atoms with Crippen molar-refractivity contribution in [3.05, 3.63) is 52.7 Å². The normalized spacial score (nSPS) is 11.8. The van der Waals surface area contributed by atoms with E-state index in [1.807, 2.05) is 31.2 Å². The number of nitrogens with zero attached hydrogens (tertiary/aromatic N) is 2. The molecule has 104 valence electrons. The molecule has 1 heterocycles. The van der Waals surface area contributed by atoms with E-state index < -0.39 is 5.97 Å². The van der Waals surface area contributed by atoms with Crippen LogP contribution in [0.5, 0.6) is 0 Å². The van der Waals surface area contributed by atoms with E-state index in [1.54, 1.807) is 12.1 Å². The Bertz CT molecular complexity index is 584. The summed E-state index contributed by atoms with van der Waals surface area (Å²) in [5.41, 5.74) is 1.26. The largest absolute Gasteiger partial charge is 0.464 e. The lowest BCUT2D eigenvalue weighted by Crippen LogP contribution is -2.10. The second-order valence-electron chi connectivity index (χ2n) is 4.21. The van der Waals surface area contributed by atoms with Gasteiger partial charge in [-0.1, -0.05) is 23.7 Å². The van der Waals surface area contributed by atoms with Crippen molar-refractivity contribution in [2.45, 2.75) is 13.0 Å². The average molecular weight is 292 g/mol. The van der Waals surface area contributed by atoms with Crippen LogP contribution < -0.4 is 5.32 Å². The number of carbonyl (C=O) groups is 1. The van der Waals surface area contributed by atoms with Gasteiger partial charge < -0.3 is 10.1 Å². The molecule has 0 fully saturated rings. The highest BCUT2D eigenvalue weighted by Gasteiger charge is 2.09. The Balaban J connectivity index is 2.06. The highest BCUT2D eigenvalue weighted by atomic mass is 35.5. The summed E-state index contributed by atoms with van der Waals surface area (Å²) in [6, 6.07) is 10.8. The van der Waals surface area contributed by atoms with E-state index in [1.165, 1.54) is 7.11 Å². The first-order chi connectivity index (χ1) is 9.60. The smallest absolute Gasteiger partial charge is 0.358 e. The maximum atomic E-state index is 11.2. The number of esters is 1. The van der Waals surface area contributed by atoms with Gasteiger partial charge in [0.2, 0.25) is 0 Å². The highest BCUT2D eigenvalue weighted by molar-refractivity contribution is 6.30. The zero-order chi connectivity index (χ0) is 14.5. The van der Waals surface area contributed by atoms with Gasteiger partial charge in [-0.2, -0.15) is 0 Å². The van der Waals surface area contributed by atoms with Crippen molar-refractivity contribution in [2.75, 3.05) is 12.4 Å². The monoisotopic (exact) mass is 291 g/mol. The second kappa shape index (κ2) is 6.34. The number of halogens is 1. The molecule has 0 aliphatic carbocycles. The van der Waals surface area contributed by atoms with Gasteiger partial charge in [0, 0.05) is 5.02 Å². The Morgan fingerprint density at radius 2 is 1.90 bits per heavy atom. The summed E-state index contributed by atoms with van der Waals surface area (Å²) >= 11 is 5.85. The third-order valence-corrected chi connectivity index (χ3v) is 3.05. The molecule has 20 heavy (non-hydrogen) atoms. The van der Waals surface area contributed by atoms with Crippen LogP contribution in [0.3, 0.4) is 0 Å². The topological polar surface area (TPSA) is 64.1 Å². The van der Waals surface area contributed by atoms with Crippen LogP contribution >= 0.6 is 11.6 Å². The summed E-state index contributed by atoms with van der Waals surface area (Å²) in [6.07, 6.45) is 0. The molecule has 1 N–H and O–H groups in total. The first-order valence-corrected chi connectivity index (χ1v) is 6.42. The Kier molecular flexibility index (Phi) is 4.53. The number of benzene rings is 1. The molecule has 0 bridgehead atoms. The maximum Gasteiger partial charge on any atom is 0.358 e. The molecule has 0 radical (unpaired) electrons. The van der Waals surface area contributed by atoms with Crippen molar-refractivity contribution in [1.29, 1.82) is 0 Å². The van der Waals surface area contributed by atoms with Crippen LogP contribution in [0.25, 0.3) is 0 Å². The number of carbonyl (C=O) groups excluding carboxylic acids is 1. The van der Waals surface area contributed by atoms with Gasteiger partial charge in [0.25, 0.3) is 0 Å². The van der Waals surface area contributed by atoms with Crippen molar-refractivity contribution < 1.29 is 9.53 Å². The summed E-state index contributed by atoms with van der Waals surface area (Å²) in [7, 11) is 1.30. The van der Waals surface area contributed by atoms with Crippen LogP contribution in [0.15, 0.2) is 36.4 Å². The second-order valence-corrected chi connectivity index (χ2v) is 4.65. The Morgan fingerprint density at radius 1 is 1.20 bits per heavy atom. The van der Waals surface area contributed by atoms with E-state index in [-0.39, 0.29) is 11.7 Å². The first kappa shape index (κ1) is 14.3. The van der Waals surface area contributed by atoms with E-state index in [2.05, 4.69) is 20.3 Å². The maximum absolute atomic E-state index is 11.2. The summed E-state index contributed by atoms with van der Waals surface area (Å²) < 4.78 is 4.56. The molecule has 0 saturated heterocycles. The van der Waals surface area contributed by atoms with E-state index in [0.717, 1.165) is 5.56 Å². The molecule has 0 saturated carbocycles. The fraction of sp³-hybridized carbons (Fsp3) is 0.214. The molecule has 1 unspecified atom stereocenters. The number of rotatable bonds is 4. The van der Waals surface area contributed by atoms with Crippen molar-refractivity contribution in [1.82, 2.24) is 10.2 Å². The molecule has 2 aromatic rings. The molecule has 2 rings (SSSR count). The summed E-state index contributed by atoms with van der Waals surface area (Å²) in [6.45, 7) is 2.00. The predicted molar refractivity (Wildman–Crippen MR) is 76.9 cm³/mol. The molecule has 1 aromatic carbocycles. The summed E-state index contributed by atoms with van der Waals surface area (Å²) in [5, 5.41) is 11.6. The number of aromatic nitrogens is 2. The minimum atomic E-state index is -0.505. The van der Waals surface area contributed by atoms with Gasteiger partial charge >= 0.3 is 5.97 Å². The minimum absolute atomic E-state index is 0.0468. The number of nitrogens with one attached hydrogen (secondary N) is 1. The predicted octanol–water partition coefficient (Wildman–Crippen LogP) is 3.09. The lowest BCUT2D eigenvalue weighted by Gasteiger charge is -2.14. The van der Waals surface area contributed by atoms with Crippen LogP contribution in [0.2, 0.25) is 5.02 Å². The van der Waals surface area contributed by atoms with Gasteiger partial charge in [-0.05, 0) is 36.8 Å². The third-order valence-electron chi connectivity index (χ3n) is 2.79. The number of hydrogen-bond acceptors (Lipinski definition) is 5. The number of hydrogen-bond donors (Lipinski definition) is 1. The van der Waals surface area contributed by atoms with Crippen molar-refractivity contribution in [2.24, 2.45) is 0 Å². The molecule has 0 spiro atoms. The molecule has 6 heteroatoms. The molecular weight excluding hydrogens is 278 g/mol. The molecule has 1 aromatic heterocycles. The molecular formula is C14H14ClN3O2. The standard InChI is InChI=1S/C14H14ClN3O2/c1-9(10-3-5-11(15)6-4-10)16-13-8-7-12(17-18-13)14(19)20-2/h3-9H,1-2H3,(H,16,18). The van der Waals surface area contributed by atoms with Crippen molar-refractivity contribution in [3.8, 4) is 0 Å². The van der Waals surface area contributed by atoms with Gasteiger partial charge in [-0.3, -0.25) is 0 Å². The quantitative estimate of drug-likeness (QED) is 0.877. The number of methoxy groups -OCH3 is 1. The molecule has 0 amide bonds. The molecule has 1 atom stereocenters. The lowest BCUT2D eigenvalue weighted by molar-refractivity contribution is 0.0593. The fourth-order valence-corrected chi connectivity index (χ4v) is 1.81. The van der Waals surface area contributed by atoms with E-state index in [4.69, 9.17) is 11.6 Å². The lowest BCUT2D eigenvalue weighted by atomic mass is 10.1. The van der Waals surface area contributed by atoms with Gasteiger partial charge in [-0.15, -0.1) is 10.2 Å². The van der Waals surface area contributed by atoms with Crippen molar-refractivity contribution in [3.63, 3.8) is 0 Å². The molecule has 0 aliphatic heterocycles. The summed E-state index contributed by atoms with van der Waals surface area (Å²) in [5.74, 6) is 0.0786. The summed E-state index contributed by atoms with van der Waals surface area (Å²) in [4.78, 5) is 11.2. The van der Waals surface area contributed by atoms with Crippen LogP contribution in [0.1, 0.15) is 29.0 Å². The zero-order valence-corrected chi connectivity index (χ0v) is 11.9. The van der Waals surface area contributed by atoms with Crippen LogP contribution in [0.4, 0.5) is 5.82 Å². The fourth-order valence-electron chi connectivity index (χ4n) is 1.68. The van der Waals surface area contributed by atoms with Crippen molar-refractivity contribution >= 4 is 23.4 Å². The highest BCUT2D eigenvalue weighted by Crippen LogP contribution is 2.19. The molecule has 0 aliphatic rings. The van der Waals surface area contributed by atoms with Crippen LogP contribution in [-0.2, 0) is 4.74 Å². The van der Waals surface area contributed by atoms with Crippen LogP contribution in [-0.4, -0.2) is 23.3 Å². The SMILES string of the molecule is COC(=O)c1ccc(NC(C)c2ccc(Cl)cc2)nn1. The number of anilines is 1. The van der Waals surface area contributed by atoms with Crippen LogP contribution in [0, 0.1) is 0 Å². The first-order valence-electron chi connectivity index (χ1n) is 6.04. The number of ether oxygens (including phenoxy) is 1. The van der Waals surface area contributed by atoms with E-state index >= 15 is 0 Å². The Labute approximate surface area is 121 Å². The third kappa shape index (κ3) is 3.45. The van der Waals surface area contributed by atoms with Gasteiger partial charge in [-0.25, -0.2) is 4.79 Å². The van der Waals surface area contributed by atoms with Gasteiger partial charge in [0.15, 0.2) is 5.69 Å². The zero-order valence-electron chi connectivity index (χ0n) is 11.1. The van der Waals surface area contributed by atoms with Gasteiger partial charge in [0.1, 0.15) is 5.82 Å². The Hall–Kier alpha value is -2.14. The average Bonchev–Trinajstić information content (AvgIpc) is 2.48. The van der Waals surface area contributed by atoms with E-state index in [0.29, 0.717) is 10.8 Å². The van der Waals surface area contributed by atoms with Gasteiger partial charge in [0.05, 0.1) is 13.2 Å². The van der Waals surface area contributed by atoms with E-state index in [9.17, 15) is 4.79 Å². The Morgan fingerprint density at radius 3 is 2.45 bits per heavy atom.